The average molecular weight is 489 g/mol. The number of carbonyl (C=O) groups excluding carboxylic acids is 1. The van der Waals surface area contributed by atoms with Crippen LogP contribution in [0.3, 0.4) is 0 Å². The molecule has 152 valence electrons. The van der Waals surface area contributed by atoms with Crippen LogP contribution in [0.5, 0.6) is 0 Å². The summed E-state index contributed by atoms with van der Waals surface area (Å²) in [5, 5.41) is 3.27. The van der Waals surface area contributed by atoms with Gasteiger partial charge in [-0.15, -0.1) is 24.0 Å². The van der Waals surface area contributed by atoms with Gasteiger partial charge in [-0.3, -0.25) is 4.99 Å². The number of guanidine groups is 1. The lowest BCUT2D eigenvalue weighted by atomic mass is 10.1. The highest BCUT2D eigenvalue weighted by Crippen LogP contribution is 2.14. The van der Waals surface area contributed by atoms with Crippen molar-refractivity contribution in [1.29, 1.82) is 0 Å². The van der Waals surface area contributed by atoms with E-state index in [0.29, 0.717) is 32.2 Å². The number of anilines is 1. The molecule has 0 spiro atoms. The second-order valence-electron chi connectivity index (χ2n) is 6.63. The van der Waals surface area contributed by atoms with Crippen molar-refractivity contribution in [3.63, 3.8) is 0 Å². The molecular weight excluding hydrogens is 457 g/mol. The van der Waals surface area contributed by atoms with Gasteiger partial charge in [0.15, 0.2) is 5.96 Å². The van der Waals surface area contributed by atoms with Crippen LogP contribution in [0.1, 0.15) is 26.7 Å². The number of amides is 1. The first-order chi connectivity index (χ1) is 12.5. The third-order valence-electron chi connectivity index (χ3n) is 4.72. The average Bonchev–Trinajstić information content (AvgIpc) is 2.67. The fraction of sp³-hybridized carbons (Fsp3) is 0.579. The summed E-state index contributed by atoms with van der Waals surface area (Å²) >= 11 is 0. The van der Waals surface area contributed by atoms with Crippen molar-refractivity contribution in [3.8, 4) is 0 Å². The molecule has 1 aromatic rings. The van der Waals surface area contributed by atoms with Crippen molar-refractivity contribution in [2.45, 2.75) is 38.8 Å². The molecule has 7 nitrogen and oxygen atoms in total. The fourth-order valence-electron chi connectivity index (χ4n) is 2.95. The van der Waals surface area contributed by atoms with Crippen LogP contribution in [0.15, 0.2) is 35.3 Å². The van der Waals surface area contributed by atoms with Crippen molar-refractivity contribution in [3.05, 3.63) is 30.3 Å². The van der Waals surface area contributed by atoms with Crippen molar-refractivity contribution >= 4 is 41.7 Å². The van der Waals surface area contributed by atoms with Crippen molar-refractivity contribution in [1.82, 2.24) is 10.2 Å². The summed E-state index contributed by atoms with van der Waals surface area (Å²) < 4.78 is 5.03. The van der Waals surface area contributed by atoms with Crippen LogP contribution in [-0.4, -0.2) is 62.3 Å². The van der Waals surface area contributed by atoms with Gasteiger partial charge in [0, 0.05) is 37.9 Å². The number of aliphatic imine (C=N–C) groups is 1. The van der Waals surface area contributed by atoms with Gasteiger partial charge in [-0.25, -0.2) is 4.79 Å². The second-order valence-corrected chi connectivity index (χ2v) is 6.63. The molecule has 0 aromatic heterocycles. The molecule has 8 heteroatoms. The van der Waals surface area contributed by atoms with E-state index >= 15 is 0 Å². The molecule has 27 heavy (non-hydrogen) atoms. The monoisotopic (exact) mass is 489 g/mol. The van der Waals surface area contributed by atoms with E-state index in [1.807, 2.05) is 25.1 Å². The van der Waals surface area contributed by atoms with E-state index in [0.717, 1.165) is 18.5 Å². The van der Waals surface area contributed by atoms with Crippen molar-refractivity contribution in [2.75, 3.05) is 38.2 Å². The van der Waals surface area contributed by atoms with Crippen molar-refractivity contribution < 1.29 is 9.53 Å². The third kappa shape index (κ3) is 7.43. The molecule has 0 bridgehead atoms. The number of nitrogens with one attached hydrogen (secondary N) is 1. The lowest BCUT2D eigenvalue weighted by Crippen LogP contribution is -2.48. The van der Waals surface area contributed by atoms with Gasteiger partial charge in [-0.05, 0) is 38.8 Å². The van der Waals surface area contributed by atoms with Crippen LogP contribution in [0.2, 0.25) is 0 Å². The number of likely N-dealkylation sites (tertiary alicyclic amines) is 1. The SMILES string of the molecule is CCOC(=O)N1CCC(NC(N)=NCC(C)N(C)c2ccccc2)CC1.I. The molecule has 1 fully saturated rings. The number of rotatable bonds is 6. The molecule has 2 rings (SSSR count). The smallest absolute Gasteiger partial charge is 0.409 e. The van der Waals surface area contributed by atoms with Gasteiger partial charge in [0.05, 0.1) is 13.2 Å². The Hall–Kier alpha value is -1.71. The predicted molar refractivity (Wildman–Crippen MR) is 121 cm³/mol. The van der Waals surface area contributed by atoms with E-state index in [1.165, 1.54) is 0 Å². The molecule has 0 saturated carbocycles. The summed E-state index contributed by atoms with van der Waals surface area (Å²) in [6.45, 7) is 6.33. The van der Waals surface area contributed by atoms with E-state index in [2.05, 4.69) is 41.3 Å². The maximum absolute atomic E-state index is 11.7. The number of nitrogens with two attached hydrogens (primary N) is 1. The third-order valence-corrected chi connectivity index (χ3v) is 4.72. The normalized spacial score (nSPS) is 16.3. The summed E-state index contributed by atoms with van der Waals surface area (Å²) in [5.74, 6) is 0.466. The minimum atomic E-state index is -0.231. The zero-order valence-electron chi connectivity index (χ0n) is 16.4. The Labute approximate surface area is 179 Å². The van der Waals surface area contributed by atoms with E-state index in [-0.39, 0.29) is 42.2 Å². The molecule has 1 heterocycles. The van der Waals surface area contributed by atoms with Gasteiger partial charge in [0.25, 0.3) is 0 Å². The Bertz CT molecular complexity index is 591. The standard InChI is InChI=1S/C19H31N5O2.HI/c1-4-26-19(25)24-12-10-16(11-13-24)22-18(20)21-14-15(2)23(3)17-8-6-5-7-9-17;/h5-9,15-16H,4,10-14H2,1-3H3,(H3,20,21,22);1H. The van der Waals surface area contributed by atoms with E-state index in [9.17, 15) is 4.79 Å². The Balaban J connectivity index is 0.00000364. The molecule has 0 aliphatic carbocycles. The van der Waals surface area contributed by atoms with E-state index in [4.69, 9.17) is 10.5 Å². The number of likely N-dealkylation sites (N-methyl/N-ethyl adjacent to an activating group) is 1. The molecule has 1 aliphatic heterocycles. The predicted octanol–water partition coefficient (Wildman–Crippen LogP) is 2.65. The van der Waals surface area contributed by atoms with Crippen LogP contribution in [0, 0.1) is 0 Å². The molecule has 0 radical (unpaired) electrons. The minimum absolute atomic E-state index is 0. The molecule has 1 atom stereocenters. The highest BCUT2D eigenvalue weighted by atomic mass is 127. The lowest BCUT2D eigenvalue weighted by molar-refractivity contribution is 0.0963. The van der Waals surface area contributed by atoms with E-state index in [1.54, 1.807) is 4.90 Å². The summed E-state index contributed by atoms with van der Waals surface area (Å²) in [5.41, 5.74) is 7.21. The van der Waals surface area contributed by atoms with Crippen LogP contribution >= 0.6 is 24.0 Å². The number of carbonyl (C=O) groups is 1. The molecule has 1 amide bonds. The van der Waals surface area contributed by atoms with Gasteiger partial charge in [-0.1, -0.05) is 18.2 Å². The maximum Gasteiger partial charge on any atom is 0.409 e. The van der Waals surface area contributed by atoms with Crippen LogP contribution in [0.4, 0.5) is 10.5 Å². The molecule has 1 aliphatic rings. The minimum Gasteiger partial charge on any atom is -0.450 e. The Morgan fingerprint density at radius 3 is 2.59 bits per heavy atom. The number of hydrogen-bond acceptors (Lipinski definition) is 4. The summed E-state index contributed by atoms with van der Waals surface area (Å²) in [4.78, 5) is 20.1. The molecule has 1 saturated heterocycles. The van der Waals surface area contributed by atoms with Crippen LogP contribution in [0.25, 0.3) is 0 Å². The number of piperidine rings is 1. The Kier molecular flexibility index (Phi) is 10.3. The number of hydrogen-bond donors (Lipinski definition) is 2. The van der Waals surface area contributed by atoms with Gasteiger partial charge < -0.3 is 25.6 Å². The summed E-state index contributed by atoms with van der Waals surface area (Å²) in [7, 11) is 2.06. The highest BCUT2D eigenvalue weighted by Gasteiger charge is 2.23. The quantitative estimate of drug-likeness (QED) is 0.365. The molecular formula is C19H32IN5O2. The number of benzene rings is 1. The number of para-hydroxylation sites is 1. The lowest BCUT2D eigenvalue weighted by Gasteiger charge is -2.32. The van der Waals surface area contributed by atoms with Crippen LogP contribution < -0.4 is 16.0 Å². The first-order valence-corrected chi connectivity index (χ1v) is 9.27. The largest absolute Gasteiger partial charge is 0.450 e. The summed E-state index contributed by atoms with van der Waals surface area (Å²) in [6, 6.07) is 10.7. The van der Waals surface area contributed by atoms with Crippen LogP contribution in [-0.2, 0) is 4.74 Å². The topological polar surface area (TPSA) is 83.2 Å². The zero-order valence-corrected chi connectivity index (χ0v) is 18.8. The first kappa shape index (κ1) is 23.3. The number of halogens is 1. The summed E-state index contributed by atoms with van der Waals surface area (Å²) in [6.07, 6.45) is 1.45. The second kappa shape index (κ2) is 11.9. The Morgan fingerprint density at radius 1 is 1.37 bits per heavy atom. The molecule has 1 unspecified atom stereocenters. The van der Waals surface area contributed by atoms with Gasteiger partial charge in [0.1, 0.15) is 0 Å². The number of nitrogens with zero attached hydrogens (tertiary/aromatic N) is 3. The van der Waals surface area contributed by atoms with Gasteiger partial charge in [0.2, 0.25) is 0 Å². The van der Waals surface area contributed by atoms with Gasteiger partial charge >= 0.3 is 6.09 Å². The van der Waals surface area contributed by atoms with E-state index < -0.39 is 0 Å². The van der Waals surface area contributed by atoms with Gasteiger partial charge in [-0.2, -0.15) is 0 Å². The highest BCUT2D eigenvalue weighted by molar-refractivity contribution is 14.0. The molecule has 1 aromatic carbocycles. The fourth-order valence-corrected chi connectivity index (χ4v) is 2.95. The van der Waals surface area contributed by atoms with Crippen molar-refractivity contribution in [2.24, 2.45) is 10.7 Å². The maximum atomic E-state index is 11.7. The number of ether oxygens (including phenoxy) is 1. The first-order valence-electron chi connectivity index (χ1n) is 9.27. The Morgan fingerprint density at radius 2 is 2.00 bits per heavy atom. The molecule has 3 N–H and O–H groups in total. The zero-order chi connectivity index (χ0) is 18.9.